The van der Waals surface area contributed by atoms with Gasteiger partial charge in [0.1, 0.15) is 5.75 Å². The Labute approximate surface area is 318 Å². The Morgan fingerprint density at radius 2 is 1.62 bits per heavy atom. The molecule has 11 nitrogen and oxygen atoms in total. The first-order valence-electron chi connectivity index (χ1n) is 18.3. The average Bonchev–Trinajstić information content (AvgIpc) is 3.22. The van der Waals surface area contributed by atoms with E-state index in [2.05, 4.69) is 25.4 Å². The Balaban J connectivity index is 1.22. The summed E-state index contributed by atoms with van der Waals surface area (Å²) in [6, 6.07) is 18.5. The third kappa shape index (κ3) is 9.99. The minimum atomic E-state index is -4.55. The van der Waals surface area contributed by atoms with Gasteiger partial charge >= 0.3 is 6.18 Å². The van der Waals surface area contributed by atoms with E-state index in [4.69, 9.17) is 9.47 Å². The van der Waals surface area contributed by atoms with Gasteiger partial charge in [-0.25, -0.2) is 0 Å². The molecule has 4 aromatic rings. The number of morpholine rings is 1. The summed E-state index contributed by atoms with van der Waals surface area (Å²) in [6.45, 7) is 5.81. The van der Waals surface area contributed by atoms with Crippen LogP contribution in [-0.4, -0.2) is 99.1 Å². The highest BCUT2D eigenvalue weighted by Crippen LogP contribution is 2.34. The molecule has 0 bridgehead atoms. The molecule has 3 aromatic carbocycles. The predicted octanol–water partition coefficient (Wildman–Crippen LogP) is 6.35. The van der Waals surface area contributed by atoms with E-state index in [1.807, 2.05) is 12.1 Å². The van der Waals surface area contributed by atoms with Crippen molar-refractivity contribution in [1.82, 2.24) is 20.1 Å². The number of amides is 3. The Hall–Kier alpha value is -5.47. The standard InChI is InChI=1S/C41H45F3N6O5/c1-48(17-18-49-19-21-55-22-20-49)40(53)30-8-6-7-28(23-30)39(52)47-35-11-10-33(50-15-4-3-5-16-50)26-34(35)36-25-29(13-14-45-36)38(51)46-27-31-24-32(41(42,43)44)9-12-37(31)54-2/h6-14,23-26H,3-5,15-22,27H2,1-2H3,(H,46,51)(H,47,52). The highest BCUT2D eigenvalue weighted by atomic mass is 19.4. The number of benzene rings is 3. The monoisotopic (exact) mass is 758 g/mol. The van der Waals surface area contributed by atoms with E-state index < -0.39 is 23.6 Å². The second kappa shape index (κ2) is 17.8. The Morgan fingerprint density at radius 3 is 2.36 bits per heavy atom. The SMILES string of the molecule is COc1ccc(C(F)(F)F)cc1CNC(=O)c1ccnc(-c2cc(N3CCCCC3)ccc2NC(=O)c2cccc(C(=O)N(C)CCN3CCOCC3)c2)c1. The molecule has 3 amide bonds. The van der Waals surface area contributed by atoms with Crippen molar-refractivity contribution in [2.45, 2.75) is 32.0 Å². The van der Waals surface area contributed by atoms with Crippen LogP contribution in [0.2, 0.25) is 0 Å². The molecule has 0 radical (unpaired) electrons. The van der Waals surface area contributed by atoms with E-state index in [9.17, 15) is 27.6 Å². The van der Waals surface area contributed by atoms with Crippen LogP contribution in [0.15, 0.2) is 79.0 Å². The summed E-state index contributed by atoms with van der Waals surface area (Å²) in [5.74, 6) is -0.941. The van der Waals surface area contributed by atoms with Crippen LogP contribution in [0.25, 0.3) is 11.3 Å². The van der Waals surface area contributed by atoms with Gasteiger partial charge in [-0.3, -0.25) is 24.3 Å². The summed E-state index contributed by atoms with van der Waals surface area (Å²) in [5, 5.41) is 5.69. The van der Waals surface area contributed by atoms with Gasteiger partial charge in [0, 0.05) is 92.6 Å². The van der Waals surface area contributed by atoms with Gasteiger partial charge in [-0.05, 0) is 86.0 Å². The number of carbonyl (C=O) groups is 3. The zero-order valence-electron chi connectivity index (χ0n) is 31.0. The van der Waals surface area contributed by atoms with Crippen LogP contribution in [0.1, 0.15) is 61.5 Å². The number of nitrogens with one attached hydrogen (secondary N) is 2. The maximum atomic E-state index is 13.8. The van der Waals surface area contributed by atoms with E-state index in [0.717, 1.165) is 69.8 Å². The lowest BCUT2D eigenvalue weighted by Crippen LogP contribution is -2.41. The Kier molecular flexibility index (Phi) is 12.7. The number of alkyl halides is 3. The highest BCUT2D eigenvalue weighted by molar-refractivity contribution is 6.08. The number of rotatable bonds is 12. The second-order valence-electron chi connectivity index (χ2n) is 13.6. The summed E-state index contributed by atoms with van der Waals surface area (Å²) in [7, 11) is 3.09. The summed E-state index contributed by atoms with van der Waals surface area (Å²) in [5.41, 5.74) is 2.59. The Morgan fingerprint density at radius 1 is 0.873 bits per heavy atom. The van der Waals surface area contributed by atoms with Crippen LogP contribution in [-0.2, 0) is 17.5 Å². The predicted molar refractivity (Wildman–Crippen MR) is 204 cm³/mol. The van der Waals surface area contributed by atoms with Crippen LogP contribution in [0, 0.1) is 0 Å². The minimum absolute atomic E-state index is 0.171. The molecule has 0 aliphatic carbocycles. The number of ether oxygens (including phenoxy) is 2. The largest absolute Gasteiger partial charge is 0.496 e. The first kappa shape index (κ1) is 39.2. The van der Waals surface area contributed by atoms with Crippen molar-refractivity contribution in [3.05, 3.63) is 107 Å². The molecule has 2 fully saturated rings. The van der Waals surface area contributed by atoms with Crippen molar-refractivity contribution in [3.8, 4) is 17.0 Å². The number of nitrogens with zero attached hydrogens (tertiary/aromatic N) is 4. The number of anilines is 2. The first-order valence-corrected chi connectivity index (χ1v) is 18.3. The Bertz CT molecular complexity index is 2000. The van der Waals surface area contributed by atoms with E-state index in [0.29, 0.717) is 47.8 Å². The summed E-state index contributed by atoms with van der Waals surface area (Å²) in [6.07, 6.45) is 0.166. The molecule has 0 spiro atoms. The van der Waals surface area contributed by atoms with Crippen LogP contribution in [0.3, 0.4) is 0 Å². The van der Waals surface area contributed by atoms with Gasteiger partial charge < -0.3 is 29.9 Å². The number of likely N-dealkylation sites (N-methyl/N-ethyl adjacent to an activating group) is 1. The fourth-order valence-corrected chi connectivity index (χ4v) is 6.72. The van der Waals surface area contributed by atoms with Crippen LogP contribution >= 0.6 is 0 Å². The number of aromatic nitrogens is 1. The average molecular weight is 759 g/mol. The molecule has 2 aliphatic heterocycles. The van der Waals surface area contributed by atoms with Gasteiger partial charge in [-0.2, -0.15) is 13.2 Å². The topological polar surface area (TPSA) is 116 Å². The summed E-state index contributed by atoms with van der Waals surface area (Å²) in [4.78, 5) is 51.2. The number of hydrogen-bond acceptors (Lipinski definition) is 8. The summed E-state index contributed by atoms with van der Waals surface area (Å²) < 4.78 is 50.9. The van der Waals surface area contributed by atoms with E-state index in [1.165, 1.54) is 25.4 Å². The van der Waals surface area contributed by atoms with Gasteiger partial charge in [0.25, 0.3) is 17.7 Å². The van der Waals surface area contributed by atoms with Crippen molar-refractivity contribution >= 4 is 29.1 Å². The minimum Gasteiger partial charge on any atom is -0.496 e. The van der Waals surface area contributed by atoms with Crippen molar-refractivity contribution in [2.24, 2.45) is 0 Å². The van der Waals surface area contributed by atoms with Crippen molar-refractivity contribution in [3.63, 3.8) is 0 Å². The molecular formula is C41H45F3N6O5. The van der Waals surface area contributed by atoms with E-state index >= 15 is 0 Å². The lowest BCUT2D eigenvalue weighted by molar-refractivity contribution is -0.137. The molecule has 0 atom stereocenters. The number of methoxy groups -OCH3 is 1. The normalized spacial score (nSPS) is 15.0. The van der Waals surface area contributed by atoms with E-state index in [1.54, 1.807) is 48.3 Å². The molecule has 2 saturated heterocycles. The van der Waals surface area contributed by atoms with Crippen molar-refractivity contribution < 1.29 is 37.0 Å². The molecule has 55 heavy (non-hydrogen) atoms. The fourth-order valence-electron chi connectivity index (χ4n) is 6.72. The molecule has 3 heterocycles. The number of pyridine rings is 1. The fraction of sp³-hybridized carbons (Fsp3) is 0.366. The number of carbonyl (C=O) groups excluding carboxylic acids is 3. The number of piperidine rings is 1. The lowest BCUT2D eigenvalue weighted by atomic mass is 10.0. The lowest BCUT2D eigenvalue weighted by Gasteiger charge is -2.29. The molecule has 2 N–H and O–H groups in total. The number of hydrogen-bond donors (Lipinski definition) is 2. The van der Waals surface area contributed by atoms with Gasteiger partial charge in [0.15, 0.2) is 0 Å². The molecule has 0 saturated carbocycles. The van der Waals surface area contributed by atoms with E-state index in [-0.39, 0.29) is 29.3 Å². The van der Waals surface area contributed by atoms with Gasteiger partial charge in [0.05, 0.1) is 37.3 Å². The third-order valence-corrected chi connectivity index (χ3v) is 9.89. The van der Waals surface area contributed by atoms with Crippen molar-refractivity contribution in [1.29, 1.82) is 0 Å². The summed E-state index contributed by atoms with van der Waals surface area (Å²) >= 11 is 0. The first-order chi connectivity index (χ1) is 26.5. The van der Waals surface area contributed by atoms with Crippen LogP contribution in [0.5, 0.6) is 5.75 Å². The van der Waals surface area contributed by atoms with Gasteiger partial charge in [-0.15, -0.1) is 0 Å². The third-order valence-electron chi connectivity index (χ3n) is 9.89. The van der Waals surface area contributed by atoms with Crippen LogP contribution in [0.4, 0.5) is 24.5 Å². The highest BCUT2D eigenvalue weighted by Gasteiger charge is 2.31. The smallest absolute Gasteiger partial charge is 0.416 e. The molecule has 0 unspecified atom stereocenters. The van der Waals surface area contributed by atoms with Gasteiger partial charge in [0.2, 0.25) is 0 Å². The zero-order valence-corrected chi connectivity index (χ0v) is 31.0. The van der Waals surface area contributed by atoms with Crippen molar-refractivity contribution in [2.75, 3.05) is 76.9 Å². The maximum Gasteiger partial charge on any atom is 0.416 e. The number of halogens is 3. The second-order valence-corrected chi connectivity index (χ2v) is 13.6. The van der Waals surface area contributed by atoms with Crippen LogP contribution < -0.4 is 20.3 Å². The molecular weight excluding hydrogens is 713 g/mol. The quantitative estimate of drug-likeness (QED) is 0.172. The maximum absolute atomic E-state index is 13.8. The molecule has 14 heteroatoms. The molecule has 290 valence electrons. The molecule has 6 rings (SSSR count). The van der Waals surface area contributed by atoms with Gasteiger partial charge in [-0.1, -0.05) is 6.07 Å². The molecule has 2 aliphatic rings. The molecule has 1 aromatic heterocycles. The zero-order chi connectivity index (χ0) is 39.0.